The molecular formula is C21H20Cl2N4O2. The Kier molecular flexibility index (Phi) is 5.39. The number of hydrogen-bond donors (Lipinski definition) is 4. The average molecular weight is 431 g/mol. The minimum absolute atomic E-state index is 0.188. The van der Waals surface area contributed by atoms with Crippen molar-refractivity contribution >= 4 is 46.0 Å². The number of aromatic amines is 1. The normalized spacial score (nSPS) is 16.4. The van der Waals surface area contributed by atoms with Crippen molar-refractivity contribution in [1.29, 1.82) is 0 Å². The number of amides is 3. The first-order chi connectivity index (χ1) is 13.9. The van der Waals surface area contributed by atoms with Crippen LogP contribution >= 0.6 is 23.2 Å². The molecule has 0 spiro atoms. The summed E-state index contributed by atoms with van der Waals surface area (Å²) in [6.45, 7) is 0. The molecule has 1 heterocycles. The van der Waals surface area contributed by atoms with E-state index in [1.54, 1.807) is 6.07 Å². The molecule has 29 heavy (non-hydrogen) atoms. The number of para-hydroxylation sites is 1. The summed E-state index contributed by atoms with van der Waals surface area (Å²) in [5, 5.41) is 7.64. The topological polar surface area (TPSA) is 100 Å². The van der Waals surface area contributed by atoms with Crippen LogP contribution in [0.3, 0.4) is 0 Å². The molecule has 2 aromatic carbocycles. The number of H-pyrrole nitrogens is 1. The maximum absolute atomic E-state index is 13.0. The van der Waals surface area contributed by atoms with Gasteiger partial charge in [0.15, 0.2) is 0 Å². The van der Waals surface area contributed by atoms with Crippen LogP contribution in [0.5, 0.6) is 0 Å². The smallest absolute Gasteiger partial charge is 0.312 e. The average Bonchev–Trinajstić information content (AvgIpc) is 3.29. The molecule has 150 valence electrons. The van der Waals surface area contributed by atoms with E-state index in [1.807, 2.05) is 36.5 Å². The lowest BCUT2D eigenvalue weighted by Gasteiger charge is -2.21. The maximum Gasteiger partial charge on any atom is 0.312 e. The number of hydrogen-bond acceptors (Lipinski definition) is 2. The third-order valence-electron chi connectivity index (χ3n) is 5.34. The monoisotopic (exact) mass is 430 g/mol. The Hall–Kier alpha value is -2.70. The van der Waals surface area contributed by atoms with Crippen LogP contribution in [-0.2, 0) is 17.6 Å². The fraction of sp³-hybridized carbons (Fsp3) is 0.238. The molecule has 6 nitrogen and oxygen atoms in total. The molecule has 0 bridgehead atoms. The van der Waals surface area contributed by atoms with Gasteiger partial charge in [-0.2, -0.15) is 0 Å². The molecule has 0 fully saturated rings. The van der Waals surface area contributed by atoms with Gasteiger partial charge in [0, 0.05) is 23.5 Å². The van der Waals surface area contributed by atoms with E-state index in [0.29, 0.717) is 16.5 Å². The van der Waals surface area contributed by atoms with E-state index in [-0.39, 0.29) is 11.9 Å². The summed E-state index contributed by atoms with van der Waals surface area (Å²) in [5.74, 6) is -0.294. The van der Waals surface area contributed by atoms with Gasteiger partial charge in [-0.3, -0.25) is 4.79 Å². The molecule has 5 N–H and O–H groups in total. The second kappa shape index (κ2) is 7.97. The predicted molar refractivity (Wildman–Crippen MR) is 114 cm³/mol. The van der Waals surface area contributed by atoms with Crippen molar-refractivity contribution in [3.05, 3.63) is 69.3 Å². The lowest BCUT2D eigenvalue weighted by Crippen LogP contribution is -2.50. The van der Waals surface area contributed by atoms with E-state index >= 15 is 0 Å². The summed E-state index contributed by atoms with van der Waals surface area (Å²) in [6.07, 6.45) is 3.62. The summed E-state index contributed by atoms with van der Waals surface area (Å²) >= 11 is 12.4. The fourth-order valence-corrected chi connectivity index (χ4v) is 4.40. The summed E-state index contributed by atoms with van der Waals surface area (Å²) in [4.78, 5) is 27.7. The molecule has 2 atom stereocenters. The van der Waals surface area contributed by atoms with Crippen LogP contribution in [-0.4, -0.2) is 23.0 Å². The quantitative estimate of drug-likeness (QED) is 0.493. The molecule has 4 rings (SSSR count). The van der Waals surface area contributed by atoms with Crippen molar-refractivity contribution in [2.45, 2.75) is 31.3 Å². The van der Waals surface area contributed by atoms with Crippen molar-refractivity contribution in [2.75, 3.05) is 0 Å². The molecular weight excluding hydrogens is 411 g/mol. The number of nitrogens with two attached hydrogens (primary N) is 1. The zero-order valence-electron chi connectivity index (χ0n) is 15.5. The van der Waals surface area contributed by atoms with Crippen molar-refractivity contribution in [2.24, 2.45) is 5.73 Å². The Morgan fingerprint density at radius 2 is 2.00 bits per heavy atom. The Labute approximate surface area is 177 Å². The predicted octanol–water partition coefficient (Wildman–Crippen LogP) is 3.86. The molecule has 1 aromatic heterocycles. The number of carbonyl (C=O) groups is 2. The standard InChI is InChI=1S/C21H20Cl2N4O2/c22-15-7-5-13-14(19(15)23)6-8-17(13)26-20(28)18(27-21(24)29)9-11-10-25-16-4-2-1-3-12(11)16/h1-5,7,10,17-18,25H,6,8-9H2,(H,26,28)(H3,24,27,29). The van der Waals surface area contributed by atoms with E-state index in [2.05, 4.69) is 15.6 Å². The van der Waals surface area contributed by atoms with Crippen LogP contribution in [0.1, 0.15) is 29.2 Å². The van der Waals surface area contributed by atoms with Crippen LogP contribution in [0.25, 0.3) is 10.9 Å². The van der Waals surface area contributed by atoms with Gasteiger partial charge in [0.05, 0.1) is 16.1 Å². The van der Waals surface area contributed by atoms with E-state index in [4.69, 9.17) is 28.9 Å². The van der Waals surface area contributed by atoms with Crippen molar-refractivity contribution in [1.82, 2.24) is 15.6 Å². The first-order valence-electron chi connectivity index (χ1n) is 9.32. The summed E-state index contributed by atoms with van der Waals surface area (Å²) < 4.78 is 0. The van der Waals surface area contributed by atoms with Gasteiger partial charge >= 0.3 is 6.03 Å². The molecule has 1 aliphatic rings. The summed E-state index contributed by atoms with van der Waals surface area (Å²) in [7, 11) is 0. The number of nitrogens with one attached hydrogen (secondary N) is 3. The third kappa shape index (κ3) is 3.91. The van der Waals surface area contributed by atoms with Crippen molar-refractivity contribution < 1.29 is 9.59 Å². The Morgan fingerprint density at radius 3 is 2.79 bits per heavy atom. The lowest BCUT2D eigenvalue weighted by atomic mass is 10.0. The Morgan fingerprint density at radius 1 is 1.21 bits per heavy atom. The molecule has 1 aliphatic carbocycles. The highest BCUT2D eigenvalue weighted by Gasteiger charge is 2.30. The van der Waals surface area contributed by atoms with E-state index in [0.717, 1.165) is 40.4 Å². The molecule has 3 aromatic rings. The second-order valence-corrected chi connectivity index (χ2v) is 7.94. The number of rotatable bonds is 5. The van der Waals surface area contributed by atoms with Crippen molar-refractivity contribution in [3.8, 4) is 0 Å². The minimum Gasteiger partial charge on any atom is -0.361 e. The van der Waals surface area contributed by atoms with Crippen LogP contribution in [0.4, 0.5) is 4.79 Å². The molecule has 2 unspecified atom stereocenters. The van der Waals surface area contributed by atoms with Gasteiger partial charge in [0.25, 0.3) is 0 Å². The van der Waals surface area contributed by atoms with Crippen LogP contribution in [0.2, 0.25) is 10.0 Å². The SMILES string of the molecule is NC(=O)NC(Cc1c[nH]c2ccccc12)C(=O)NC1CCc2c1ccc(Cl)c2Cl. The summed E-state index contributed by atoms with van der Waals surface area (Å²) in [6, 6.07) is 9.69. The lowest BCUT2D eigenvalue weighted by molar-refractivity contribution is -0.123. The second-order valence-electron chi connectivity index (χ2n) is 7.15. The number of primary amides is 1. The van der Waals surface area contributed by atoms with E-state index in [1.165, 1.54) is 0 Å². The van der Waals surface area contributed by atoms with Crippen LogP contribution < -0.4 is 16.4 Å². The Balaban J connectivity index is 1.55. The minimum atomic E-state index is -0.793. The number of halogens is 2. The van der Waals surface area contributed by atoms with Crippen LogP contribution in [0.15, 0.2) is 42.6 Å². The largest absolute Gasteiger partial charge is 0.361 e. The first-order valence-corrected chi connectivity index (χ1v) is 10.1. The molecule has 0 aliphatic heterocycles. The number of aromatic nitrogens is 1. The zero-order chi connectivity index (χ0) is 20.5. The zero-order valence-corrected chi connectivity index (χ0v) is 17.0. The Bertz CT molecular complexity index is 1100. The molecule has 8 heteroatoms. The molecule has 0 radical (unpaired) electrons. The number of fused-ring (bicyclic) bond motifs is 2. The van der Waals surface area contributed by atoms with Crippen LogP contribution in [0, 0.1) is 0 Å². The highest BCUT2D eigenvalue weighted by Crippen LogP contribution is 2.39. The highest BCUT2D eigenvalue weighted by molar-refractivity contribution is 6.42. The number of benzene rings is 2. The molecule has 0 saturated heterocycles. The highest BCUT2D eigenvalue weighted by atomic mass is 35.5. The van der Waals surface area contributed by atoms with Gasteiger partial charge in [0.2, 0.25) is 5.91 Å². The van der Waals surface area contributed by atoms with Gasteiger partial charge in [-0.1, -0.05) is 47.5 Å². The van der Waals surface area contributed by atoms with E-state index in [9.17, 15) is 9.59 Å². The third-order valence-corrected chi connectivity index (χ3v) is 6.18. The van der Waals surface area contributed by atoms with Gasteiger partial charge in [-0.25, -0.2) is 4.79 Å². The fourth-order valence-electron chi connectivity index (χ4n) is 3.96. The number of carbonyl (C=O) groups excluding carboxylic acids is 2. The first kappa shape index (κ1) is 19.6. The van der Waals surface area contributed by atoms with Crippen molar-refractivity contribution in [3.63, 3.8) is 0 Å². The van der Waals surface area contributed by atoms with Gasteiger partial charge in [-0.15, -0.1) is 0 Å². The van der Waals surface area contributed by atoms with Gasteiger partial charge in [0.1, 0.15) is 6.04 Å². The molecule has 0 saturated carbocycles. The van der Waals surface area contributed by atoms with Gasteiger partial charge < -0.3 is 21.4 Å². The number of urea groups is 1. The maximum atomic E-state index is 13.0. The summed E-state index contributed by atoms with van der Waals surface area (Å²) in [5.41, 5.74) is 9.14. The molecule has 3 amide bonds. The van der Waals surface area contributed by atoms with Gasteiger partial charge in [-0.05, 0) is 41.7 Å². The van der Waals surface area contributed by atoms with E-state index < -0.39 is 12.1 Å².